The Kier molecular flexibility index (Phi) is 5.30. The summed E-state index contributed by atoms with van der Waals surface area (Å²) >= 11 is 0. The minimum Gasteiger partial charge on any atom is -0.353 e. The second-order valence-corrected chi connectivity index (χ2v) is 5.59. The van der Waals surface area contributed by atoms with Crippen molar-refractivity contribution in [2.24, 2.45) is 0 Å². The molecule has 0 aromatic rings. The Morgan fingerprint density at radius 1 is 0.882 bits per heavy atom. The second-order valence-electron chi connectivity index (χ2n) is 5.59. The van der Waals surface area contributed by atoms with Gasteiger partial charge in [-0.2, -0.15) is 0 Å². The number of carbonyl (C=O) groups excluding carboxylic acids is 1. The molecular weight excluding hydrogens is 212 g/mol. The molecular formula is C14H26N2O. The topological polar surface area (TPSA) is 41.1 Å². The largest absolute Gasteiger partial charge is 0.353 e. The van der Waals surface area contributed by atoms with Gasteiger partial charge in [0.1, 0.15) is 0 Å². The van der Waals surface area contributed by atoms with Gasteiger partial charge >= 0.3 is 0 Å². The predicted molar refractivity (Wildman–Crippen MR) is 69.9 cm³/mol. The zero-order valence-electron chi connectivity index (χ0n) is 10.8. The van der Waals surface area contributed by atoms with Crippen LogP contribution in [-0.4, -0.2) is 24.5 Å². The Hall–Kier alpha value is -0.570. The van der Waals surface area contributed by atoms with Crippen LogP contribution in [0.25, 0.3) is 0 Å². The lowest BCUT2D eigenvalue weighted by Gasteiger charge is -2.20. The van der Waals surface area contributed by atoms with Crippen molar-refractivity contribution >= 4 is 5.91 Å². The van der Waals surface area contributed by atoms with Crippen LogP contribution < -0.4 is 10.6 Å². The highest BCUT2D eigenvalue weighted by Crippen LogP contribution is 2.19. The van der Waals surface area contributed by atoms with Crippen LogP contribution in [0.3, 0.4) is 0 Å². The smallest absolute Gasteiger partial charge is 0.221 e. The molecule has 3 nitrogen and oxygen atoms in total. The van der Waals surface area contributed by atoms with Crippen molar-refractivity contribution in [3.8, 4) is 0 Å². The SMILES string of the molecule is O=C(CCNC1CCCCCCC1)NC1CC1. The standard InChI is InChI=1S/C14H26N2O/c17-14(16-13-8-9-13)10-11-15-12-6-4-2-1-3-5-7-12/h12-13,15H,1-11H2,(H,16,17). The van der Waals surface area contributed by atoms with Crippen molar-refractivity contribution < 1.29 is 4.79 Å². The molecule has 0 spiro atoms. The van der Waals surface area contributed by atoms with Crippen LogP contribution in [0, 0.1) is 0 Å². The Bertz CT molecular complexity index is 230. The van der Waals surface area contributed by atoms with Gasteiger partial charge in [0.2, 0.25) is 5.91 Å². The first kappa shape index (κ1) is 12.9. The van der Waals surface area contributed by atoms with Gasteiger partial charge in [0, 0.05) is 25.0 Å². The summed E-state index contributed by atoms with van der Waals surface area (Å²) in [6.07, 6.45) is 12.5. The van der Waals surface area contributed by atoms with Crippen LogP contribution in [-0.2, 0) is 4.79 Å². The lowest BCUT2D eigenvalue weighted by Crippen LogP contribution is -2.34. The Balaban J connectivity index is 1.54. The van der Waals surface area contributed by atoms with E-state index in [1.807, 2.05) is 0 Å². The van der Waals surface area contributed by atoms with Gasteiger partial charge in [-0.25, -0.2) is 0 Å². The maximum atomic E-state index is 11.5. The van der Waals surface area contributed by atoms with E-state index in [-0.39, 0.29) is 5.91 Å². The Morgan fingerprint density at radius 3 is 2.18 bits per heavy atom. The number of amides is 1. The van der Waals surface area contributed by atoms with E-state index in [2.05, 4.69) is 10.6 Å². The van der Waals surface area contributed by atoms with Crippen LogP contribution in [0.1, 0.15) is 64.2 Å². The maximum Gasteiger partial charge on any atom is 0.221 e. The van der Waals surface area contributed by atoms with Gasteiger partial charge in [-0.15, -0.1) is 0 Å². The van der Waals surface area contributed by atoms with Crippen LogP contribution in [0.2, 0.25) is 0 Å². The van der Waals surface area contributed by atoms with E-state index in [1.165, 1.54) is 57.8 Å². The van der Waals surface area contributed by atoms with Gasteiger partial charge in [0.05, 0.1) is 0 Å². The average Bonchev–Trinajstić information content (AvgIpc) is 3.04. The molecule has 2 aliphatic rings. The molecule has 0 radical (unpaired) electrons. The molecule has 0 unspecified atom stereocenters. The molecule has 2 saturated carbocycles. The molecule has 1 amide bonds. The third-order valence-electron chi connectivity index (χ3n) is 3.83. The van der Waals surface area contributed by atoms with Crippen LogP contribution in [0.5, 0.6) is 0 Å². The fourth-order valence-electron chi connectivity index (χ4n) is 2.58. The molecule has 2 fully saturated rings. The monoisotopic (exact) mass is 238 g/mol. The fourth-order valence-corrected chi connectivity index (χ4v) is 2.58. The highest BCUT2D eigenvalue weighted by atomic mass is 16.1. The van der Waals surface area contributed by atoms with Gasteiger partial charge in [-0.05, 0) is 25.7 Å². The molecule has 0 saturated heterocycles. The maximum absolute atomic E-state index is 11.5. The van der Waals surface area contributed by atoms with Crippen LogP contribution >= 0.6 is 0 Å². The molecule has 0 aromatic heterocycles. The summed E-state index contributed by atoms with van der Waals surface area (Å²) in [5.41, 5.74) is 0. The van der Waals surface area contributed by atoms with E-state index in [9.17, 15) is 4.79 Å². The van der Waals surface area contributed by atoms with Gasteiger partial charge in [0.15, 0.2) is 0 Å². The molecule has 2 N–H and O–H groups in total. The third-order valence-corrected chi connectivity index (χ3v) is 3.83. The number of hydrogen-bond acceptors (Lipinski definition) is 2. The highest BCUT2D eigenvalue weighted by Gasteiger charge is 2.22. The molecule has 0 aliphatic heterocycles. The summed E-state index contributed by atoms with van der Waals surface area (Å²) in [7, 11) is 0. The summed E-state index contributed by atoms with van der Waals surface area (Å²) in [5.74, 6) is 0.228. The number of carbonyl (C=O) groups is 1. The zero-order valence-corrected chi connectivity index (χ0v) is 10.8. The summed E-state index contributed by atoms with van der Waals surface area (Å²) < 4.78 is 0. The van der Waals surface area contributed by atoms with Gasteiger partial charge < -0.3 is 10.6 Å². The van der Waals surface area contributed by atoms with Crippen molar-refractivity contribution in [1.29, 1.82) is 0 Å². The lowest BCUT2D eigenvalue weighted by atomic mass is 9.97. The average molecular weight is 238 g/mol. The first-order valence-electron chi connectivity index (χ1n) is 7.37. The molecule has 2 aliphatic carbocycles. The van der Waals surface area contributed by atoms with E-state index >= 15 is 0 Å². The van der Waals surface area contributed by atoms with Crippen molar-refractivity contribution in [3.05, 3.63) is 0 Å². The summed E-state index contributed by atoms with van der Waals surface area (Å²) in [6.45, 7) is 0.850. The Morgan fingerprint density at radius 2 is 1.53 bits per heavy atom. The lowest BCUT2D eigenvalue weighted by molar-refractivity contribution is -0.121. The van der Waals surface area contributed by atoms with Crippen molar-refractivity contribution in [3.63, 3.8) is 0 Å². The van der Waals surface area contributed by atoms with E-state index in [1.54, 1.807) is 0 Å². The first-order valence-corrected chi connectivity index (χ1v) is 7.37. The number of rotatable bonds is 5. The summed E-state index contributed by atoms with van der Waals surface area (Å²) in [6, 6.07) is 1.16. The van der Waals surface area contributed by atoms with Crippen LogP contribution in [0.15, 0.2) is 0 Å². The molecule has 17 heavy (non-hydrogen) atoms. The van der Waals surface area contributed by atoms with Gasteiger partial charge in [-0.1, -0.05) is 32.1 Å². The first-order chi connectivity index (χ1) is 8.34. The highest BCUT2D eigenvalue weighted by molar-refractivity contribution is 5.76. The number of hydrogen-bond donors (Lipinski definition) is 2. The minimum absolute atomic E-state index is 0.228. The molecule has 0 aromatic carbocycles. The minimum atomic E-state index is 0.228. The summed E-state index contributed by atoms with van der Waals surface area (Å²) in [4.78, 5) is 11.5. The van der Waals surface area contributed by atoms with E-state index < -0.39 is 0 Å². The molecule has 0 bridgehead atoms. The van der Waals surface area contributed by atoms with Crippen molar-refractivity contribution in [2.45, 2.75) is 76.3 Å². The quantitative estimate of drug-likeness (QED) is 0.772. The second kappa shape index (κ2) is 7.00. The number of nitrogens with one attached hydrogen (secondary N) is 2. The van der Waals surface area contributed by atoms with E-state index in [0.29, 0.717) is 18.5 Å². The Labute approximate surface area is 105 Å². The van der Waals surface area contributed by atoms with E-state index in [0.717, 1.165) is 6.54 Å². The van der Waals surface area contributed by atoms with Crippen LogP contribution in [0.4, 0.5) is 0 Å². The third kappa shape index (κ3) is 5.53. The summed E-state index contributed by atoms with van der Waals surface area (Å²) in [5, 5.41) is 6.59. The molecule has 98 valence electrons. The molecule has 3 heteroatoms. The van der Waals surface area contributed by atoms with Crippen molar-refractivity contribution in [1.82, 2.24) is 10.6 Å². The van der Waals surface area contributed by atoms with E-state index in [4.69, 9.17) is 0 Å². The molecule has 0 heterocycles. The predicted octanol–water partition coefficient (Wildman–Crippen LogP) is 2.36. The molecule has 0 atom stereocenters. The van der Waals surface area contributed by atoms with Gasteiger partial charge in [-0.3, -0.25) is 4.79 Å². The van der Waals surface area contributed by atoms with Gasteiger partial charge in [0.25, 0.3) is 0 Å². The normalized spacial score (nSPS) is 22.8. The fraction of sp³-hybridized carbons (Fsp3) is 0.929. The molecule has 2 rings (SSSR count). The zero-order chi connectivity index (χ0) is 11.9. The van der Waals surface area contributed by atoms with Crippen molar-refractivity contribution in [2.75, 3.05) is 6.54 Å².